The maximum Gasteiger partial charge on any atom is 0.469 e. The smallest absolute Gasteiger partial charge is 0.464 e. The summed E-state index contributed by atoms with van der Waals surface area (Å²) >= 11 is 0. The Morgan fingerprint density at radius 3 is 2.56 bits per heavy atom. The molecule has 1 fully saturated rings. The number of rotatable bonds is 5. The molecule has 1 aliphatic heterocycles. The molecule has 1 unspecified atom stereocenters. The number of hydrogen-bond donors (Lipinski definition) is 5. The molecule has 2 rings (SSSR count). The van der Waals surface area contributed by atoms with Gasteiger partial charge in [-0.3, -0.25) is 18.9 Å². The molecule has 1 saturated heterocycles. The van der Waals surface area contributed by atoms with Crippen LogP contribution in [0.15, 0.2) is 15.7 Å². The zero-order chi connectivity index (χ0) is 18.9. The monoisotopic (exact) mass is 382 g/mol. The van der Waals surface area contributed by atoms with Crippen LogP contribution in [0.2, 0.25) is 0 Å². The quantitative estimate of drug-likeness (QED) is 0.258. The molecule has 1 aromatic heterocycles. The van der Waals surface area contributed by atoms with E-state index in [1.54, 1.807) is 0 Å². The van der Waals surface area contributed by atoms with Crippen LogP contribution >= 0.6 is 7.82 Å². The van der Waals surface area contributed by atoms with Crippen LogP contribution in [0.5, 0.6) is 0 Å². The van der Waals surface area contributed by atoms with Crippen LogP contribution in [-0.4, -0.2) is 67.5 Å². The minimum absolute atomic E-state index is 0.552. The Morgan fingerprint density at radius 1 is 1.36 bits per heavy atom. The first-order chi connectivity index (χ1) is 11.5. The molecule has 0 aliphatic carbocycles. The first-order valence-corrected chi connectivity index (χ1v) is 8.24. The van der Waals surface area contributed by atoms with Gasteiger partial charge in [0, 0.05) is 6.07 Å². The van der Waals surface area contributed by atoms with Gasteiger partial charge in [0.05, 0.1) is 13.7 Å². The number of nitrogens with zero attached hydrogens (tertiary/aromatic N) is 1. The van der Waals surface area contributed by atoms with Crippen molar-refractivity contribution in [3.05, 3.63) is 32.6 Å². The Morgan fingerprint density at radius 2 is 2.00 bits per heavy atom. The van der Waals surface area contributed by atoms with E-state index in [4.69, 9.17) is 14.5 Å². The fourth-order valence-corrected chi connectivity index (χ4v) is 2.61. The van der Waals surface area contributed by atoms with Crippen LogP contribution in [0.1, 0.15) is 16.7 Å². The summed E-state index contributed by atoms with van der Waals surface area (Å²) in [5, 5.41) is 20.0. The molecule has 5 N–H and O–H groups in total. The van der Waals surface area contributed by atoms with Crippen molar-refractivity contribution < 1.29 is 43.4 Å². The van der Waals surface area contributed by atoms with E-state index in [9.17, 15) is 29.2 Å². The third-order valence-electron chi connectivity index (χ3n) is 3.37. The molecule has 0 aromatic carbocycles. The summed E-state index contributed by atoms with van der Waals surface area (Å²) in [7, 11) is -3.87. The summed E-state index contributed by atoms with van der Waals surface area (Å²) in [6.07, 6.45) is -6.52. The Bertz CT molecular complexity index is 811. The molecule has 140 valence electrons. The van der Waals surface area contributed by atoms with E-state index in [1.807, 2.05) is 4.98 Å². The van der Waals surface area contributed by atoms with E-state index >= 15 is 0 Å². The summed E-state index contributed by atoms with van der Waals surface area (Å²) in [5.74, 6) is -1.08. The lowest BCUT2D eigenvalue weighted by molar-refractivity contribution is -0.0556. The molecule has 0 spiro atoms. The SMILES string of the molecule is COC(=O)c1cc(=O)[nH]c(=O)n1[C@@H]1O[C@H](COP(=O)(O)O)[C@H](O)C1O. The van der Waals surface area contributed by atoms with E-state index in [1.165, 1.54) is 0 Å². The third kappa shape index (κ3) is 4.22. The number of H-pyrrole nitrogens is 1. The summed E-state index contributed by atoms with van der Waals surface area (Å²) in [5.41, 5.74) is -2.58. The lowest BCUT2D eigenvalue weighted by Gasteiger charge is -2.19. The Hall–Kier alpha value is -1.86. The average Bonchev–Trinajstić information content (AvgIpc) is 2.79. The summed E-state index contributed by atoms with van der Waals surface area (Å²) in [6, 6.07) is 0.731. The highest BCUT2D eigenvalue weighted by Crippen LogP contribution is 2.38. The van der Waals surface area contributed by atoms with Crippen molar-refractivity contribution >= 4 is 13.8 Å². The standard InChI is InChI=1S/C11H15N2O11P/c1-22-10(17)4-2-6(14)12-11(18)13(4)9-8(16)7(15)5(24-9)3-23-25(19,20)21/h2,5,7-9,15-16H,3H2,1H3,(H,12,14,18)(H2,19,20,21)/t5-,7+,8?,9-/m1/s1. The van der Waals surface area contributed by atoms with Crippen LogP contribution in [0.25, 0.3) is 0 Å². The Labute approximate surface area is 138 Å². The molecule has 4 atom stereocenters. The molecule has 2 heterocycles. The molecule has 1 aromatic rings. The van der Waals surface area contributed by atoms with Crippen molar-refractivity contribution in [3.8, 4) is 0 Å². The zero-order valence-electron chi connectivity index (χ0n) is 12.6. The molecule has 25 heavy (non-hydrogen) atoms. The second-order valence-electron chi connectivity index (χ2n) is 5.02. The first kappa shape index (κ1) is 19.5. The maximum absolute atomic E-state index is 12.0. The number of aromatic nitrogens is 2. The number of phosphoric ester groups is 1. The fourth-order valence-electron chi connectivity index (χ4n) is 2.27. The fraction of sp³-hybridized carbons (Fsp3) is 0.545. The molecule has 1 aliphatic rings. The third-order valence-corrected chi connectivity index (χ3v) is 3.85. The van der Waals surface area contributed by atoms with Gasteiger partial charge in [-0.2, -0.15) is 0 Å². The lowest BCUT2D eigenvalue weighted by atomic mass is 10.1. The number of aromatic amines is 1. The number of methoxy groups -OCH3 is 1. The lowest BCUT2D eigenvalue weighted by Crippen LogP contribution is -2.41. The van der Waals surface area contributed by atoms with Gasteiger partial charge in [-0.15, -0.1) is 0 Å². The molecular formula is C11H15N2O11P. The maximum atomic E-state index is 12.0. The molecule has 0 amide bonds. The number of carbonyl (C=O) groups excluding carboxylic acids is 1. The predicted octanol–water partition coefficient (Wildman–Crippen LogP) is -2.95. The number of phosphoric acid groups is 1. The Kier molecular flexibility index (Phi) is 5.58. The highest BCUT2D eigenvalue weighted by atomic mass is 31.2. The minimum atomic E-state index is -4.87. The average molecular weight is 382 g/mol. The van der Waals surface area contributed by atoms with Crippen molar-refractivity contribution in [1.82, 2.24) is 9.55 Å². The second kappa shape index (κ2) is 7.17. The van der Waals surface area contributed by atoms with Gasteiger partial charge in [-0.25, -0.2) is 14.2 Å². The number of esters is 1. The molecule has 0 radical (unpaired) electrons. The van der Waals surface area contributed by atoms with E-state index < -0.39 is 61.9 Å². The van der Waals surface area contributed by atoms with E-state index in [2.05, 4.69) is 9.26 Å². The summed E-state index contributed by atoms with van der Waals surface area (Å²) < 4.78 is 25.1. The van der Waals surface area contributed by atoms with Crippen LogP contribution in [0.4, 0.5) is 0 Å². The van der Waals surface area contributed by atoms with Gasteiger partial charge in [0.1, 0.15) is 24.0 Å². The number of ether oxygens (including phenoxy) is 2. The first-order valence-electron chi connectivity index (χ1n) is 6.71. The van der Waals surface area contributed by atoms with E-state index in [0.29, 0.717) is 4.57 Å². The van der Waals surface area contributed by atoms with Crippen molar-refractivity contribution in [2.24, 2.45) is 0 Å². The van der Waals surface area contributed by atoms with Crippen molar-refractivity contribution in [1.29, 1.82) is 0 Å². The highest BCUT2D eigenvalue weighted by molar-refractivity contribution is 7.46. The van der Waals surface area contributed by atoms with Gasteiger partial charge in [0.25, 0.3) is 5.56 Å². The molecule has 0 bridgehead atoms. The minimum Gasteiger partial charge on any atom is -0.464 e. The van der Waals surface area contributed by atoms with Crippen LogP contribution < -0.4 is 11.2 Å². The summed E-state index contributed by atoms with van der Waals surface area (Å²) in [6.45, 7) is -0.801. The topological polar surface area (TPSA) is 198 Å². The number of carbonyl (C=O) groups is 1. The number of aliphatic hydroxyl groups is 2. The van der Waals surface area contributed by atoms with Crippen LogP contribution in [-0.2, 0) is 18.6 Å². The molecular weight excluding hydrogens is 367 g/mol. The second-order valence-corrected chi connectivity index (χ2v) is 6.26. The van der Waals surface area contributed by atoms with Crippen molar-refractivity contribution in [3.63, 3.8) is 0 Å². The predicted molar refractivity (Wildman–Crippen MR) is 76.6 cm³/mol. The van der Waals surface area contributed by atoms with Crippen molar-refractivity contribution in [2.75, 3.05) is 13.7 Å². The van der Waals surface area contributed by atoms with E-state index in [0.717, 1.165) is 13.2 Å². The van der Waals surface area contributed by atoms with Gasteiger partial charge in [-0.1, -0.05) is 0 Å². The van der Waals surface area contributed by atoms with Crippen LogP contribution in [0.3, 0.4) is 0 Å². The molecule has 0 saturated carbocycles. The van der Waals surface area contributed by atoms with Gasteiger partial charge in [0.2, 0.25) is 0 Å². The summed E-state index contributed by atoms with van der Waals surface area (Å²) in [4.78, 5) is 54.4. The van der Waals surface area contributed by atoms with Crippen molar-refractivity contribution in [2.45, 2.75) is 24.5 Å². The normalized spacial score (nSPS) is 26.6. The highest BCUT2D eigenvalue weighted by Gasteiger charge is 2.46. The Balaban J connectivity index is 2.39. The van der Waals surface area contributed by atoms with Gasteiger partial charge in [-0.05, 0) is 0 Å². The van der Waals surface area contributed by atoms with Gasteiger partial charge >= 0.3 is 19.5 Å². The molecule has 14 heteroatoms. The number of aliphatic hydroxyl groups excluding tert-OH is 2. The van der Waals surface area contributed by atoms with Gasteiger partial charge < -0.3 is 29.5 Å². The number of nitrogens with one attached hydrogen (secondary N) is 1. The van der Waals surface area contributed by atoms with Gasteiger partial charge in [0.15, 0.2) is 6.23 Å². The van der Waals surface area contributed by atoms with E-state index in [-0.39, 0.29) is 0 Å². The van der Waals surface area contributed by atoms with Crippen LogP contribution in [0, 0.1) is 0 Å². The zero-order valence-corrected chi connectivity index (χ0v) is 13.5. The molecule has 13 nitrogen and oxygen atoms in total. The largest absolute Gasteiger partial charge is 0.469 e. The number of hydrogen-bond acceptors (Lipinski definition) is 9.